The van der Waals surface area contributed by atoms with Crippen molar-refractivity contribution in [3.05, 3.63) is 35.9 Å². The third-order valence-electron chi connectivity index (χ3n) is 1.56. The van der Waals surface area contributed by atoms with Gasteiger partial charge in [0.15, 0.2) is 0 Å². The van der Waals surface area contributed by atoms with E-state index in [1.807, 2.05) is 25.6 Å². The number of hydrogen-bond donors (Lipinski definition) is 0. The maximum absolute atomic E-state index is 2.26. The van der Waals surface area contributed by atoms with Crippen LogP contribution in [0.2, 0.25) is 0 Å². The van der Waals surface area contributed by atoms with Crippen molar-refractivity contribution in [1.29, 1.82) is 0 Å². The van der Waals surface area contributed by atoms with Gasteiger partial charge in [-0.25, -0.2) is 0 Å². The van der Waals surface area contributed by atoms with Crippen molar-refractivity contribution in [3.8, 4) is 0 Å². The minimum absolute atomic E-state index is 0.804. The summed E-state index contributed by atoms with van der Waals surface area (Å²) in [5.74, 6) is 4.05. The molecule has 0 heterocycles. The first kappa shape index (κ1) is 19.9. The highest BCUT2D eigenvalue weighted by molar-refractivity contribution is 7.98. The van der Waals surface area contributed by atoms with E-state index in [0.29, 0.717) is 0 Å². The Hall–Kier alpha value is -0.430. The largest absolute Gasteiger partial charge is 0.157 e. The van der Waals surface area contributed by atoms with Crippen molar-refractivity contribution in [3.63, 3.8) is 0 Å². The van der Waals surface area contributed by atoms with E-state index in [0.717, 1.165) is 17.6 Å². The number of rotatable bonds is 4. The summed E-state index contributed by atoms with van der Waals surface area (Å²) in [6.45, 7) is 15.0. The fourth-order valence-electron chi connectivity index (χ4n) is 0.987. The Kier molecular flexibility index (Phi) is 16.2. The first-order chi connectivity index (χ1) is 8.52. The van der Waals surface area contributed by atoms with Gasteiger partial charge in [0.2, 0.25) is 0 Å². The Morgan fingerprint density at radius 3 is 1.72 bits per heavy atom. The summed E-state index contributed by atoms with van der Waals surface area (Å²) in [5, 5.41) is 0. The third-order valence-corrected chi connectivity index (χ3v) is 3.00. The van der Waals surface area contributed by atoms with Crippen LogP contribution < -0.4 is 0 Å². The van der Waals surface area contributed by atoms with Crippen LogP contribution in [0.15, 0.2) is 30.3 Å². The van der Waals surface area contributed by atoms with E-state index in [1.54, 1.807) is 0 Å². The molecule has 0 unspecified atom stereocenters. The van der Waals surface area contributed by atoms with Crippen LogP contribution in [-0.4, -0.2) is 5.75 Å². The van der Waals surface area contributed by atoms with Gasteiger partial charge in [0, 0.05) is 5.75 Å². The molecule has 0 saturated carbocycles. The van der Waals surface area contributed by atoms with Gasteiger partial charge in [-0.15, -0.1) is 0 Å². The summed E-state index contributed by atoms with van der Waals surface area (Å²) in [6.07, 6.45) is 0. The van der Waals surface area contributed by atoms with E-state index in [4.69, 9.17) is 0 Å². The Morgan fingerprint density at radius 1 is 0.889 bits per heavy atom. The van der Waals surface area contributed by atoms with Crippen molar-refractivity contribution >= 4 is 11.8 Å². The van der Waals surface area contributed by atoms with Crippen molar-refractivity contribution in [1.82, 2.24) is 0 Å². The highest BCUT2D eigenvalue weighted by Gasteiger charge is 1.94. The van der Waals surface area contributed by atoms with E-state index in [1.165, 1.54) is 11.3 Å². The smallest absolute Gasteiger partial charge is 0.0184 e. The zero-order valence-corrected chi connectivity index (χ0v) is 14.2. The van der Waals surface area contributed by atoms with Gasteiger partial charge < -0.3 is 0 Å². The minimum Gasteiger partial charge on any atom is -0.157 e. The lowest BCUT2D eigenvalue weighted by molar-refractivity contribution is 0.737. The molecule has 0 amide bonds. The highest BCUT2D eigenvalue weighted by atomic mass is 32.2. The molecule has 0 nitrogen and oxygen atoms in total. The Balaban J connectivity index is 0. The molecule has 0 aliphatic heterocycles. The molecule has 0 bridgehead atoms. The van der Waals surface area contributed by atoms with Crippen LogP contribution in [0.25, 0.3) is 0 Å². The monoisotopic (exact) mass is 268 g/mol. The predicted octanol–water partition coefficient (Wildman–Crippen LogP) is 6.26. The summed E-state index contributed by atoms with van der Waals surface area (Å²) >= 11 is 2.01. The Labute approximate surface area is 120 Å². The van der Waals surface area contributed by atoms with E-state index in [9.17, 15) is 0 Å². The molecule has 106 valence electrons. The third kappa shape index (κ3) is 17.9. The lowest BCUT2D eigenvalue weighted by atomic mass is 10.2. The number of benzene rings is 1. The lowest BCUT2D eigenvalue weighted by Gasteiger charge is -2.03. The molecule has 1 aromatic rings. The molecule has 0 atom stereocenters. The maximum atomic E-state index is 2.26. The van der Waals surface area contributed by atoms with Crippen molar-refractivity contribution in [2.24, 2.45) is 11.8 Å². The molecule has 0 radical (unpaired) electrons. The number of hydrogen-bond acceptors (Lipinski definition) is 1. The van der Waals surface area contributed by atoms with Crippen molar-refractivity contribution in [2.45, 2.75) is 54.2 Å². The van der Waals surface area contributed by atoms with Gasteiger partial charge >= 0.3 is 0 Å². The molecule has 0 aromatic heterocycles. The zero-order chi connectivity index (χ0) is 14.4. The molecule has 0 spiro atoms. The van der Waals surface area contributed by atoms with Crippen molar-refractivity contribution < 1.29 is 0 Å². The van der Waals surface area contributed by atoms with Crippen LogP contribution in [0, 0.1) is 11.8 Å². The van der Waals surface area contributed by atoms with Gasteiger partial charge in [0.05, 0.1) is 0 Å². The molecule has 1 rings (SSSR count). The maximum Gasteiger partial charge on any atom is 0.0184 e. The lowest BCUT2D eigenvalue weighted by Crippen LogP contribution is -1.91. The summed E-state index contributed by atoms with van der Waals surface area (Å²) < 4.78 is 0. The quantitative estimate of drug-likeness (QED) is 0.620. The first-order valence-electron chi connectivity index (χ1n) is 7.14. The van der Waals surface area contributed by atoms with Crippen molar-refractivity contribution in [2.75, 3.05) is 5.75 Å². The fraction of sp³-hybridized carbons (Fsp3) is 0.647. The van der Waals surface area contributed by atoms with E-state index >= 15 is 0 Å². The molecule has 0 aliphatic rings. The summed E-state index contributed by atoms with van der Waals surface area (Å²) in [5.41, 5.74) is 1.43. The molecule has 0 saturated heterocycles. The van der Waals surface area contributed by atoms with Gasteiger partial charge in [0.25, 0.3) is 0 Å². The van der Waals surface area contributed by atoms with Gasteiger partial charge in [-0.1, -0.05) is 78.8 Å². The summed E-state index contributed by atoms with van der Waals surface area (Å²) in [7, 11) is 0. The van der Waals surface area contributed by atoms with Crippen LogP contribution in [0.1, 0.15) is 54.0 Å². The Morgan fingerprint density at radius 2 is 1.33 bits per heavy atom. The van der Waals surface area contributed by atoms with E-state index < -0.39 is 0 Å². The summed E-state index contributed by atoms with van der Waals surface area (Å²) in [6, 6.07) is 10.6. The van der Waals surface area contributed by atoms with Gasteiger partial charge in [-0.05, 0) is 23.2 Å². The molecule has 0 aliphatic carbocycles. The first-order valence-corrected chi connectivity index (χ1v) is 8.29. The zero-order valence-electron chi connectivity index (χ0n) is 13.4. The van der Waals surface area contributed by atoms with Gasteiger partial charge in [-0.2, -0.15) is 11.8 Å². The molecular formula is C17H32S. The van der Waals surface area contributed by atoms with Crippen LogP contribution >= 0.6 is 11.8 Å². The molecule has 1 aromatic carbocycles. The SMILES string of the molecule is CC.CC(C)C.CC(C)CSCc1ccccc1. The summed E-state index contributed by atoms with van der Waals surface area (Å²) in [4.78, 5) is 0. The predicted molar refractivity (Wildman–Crippen MR) is 89.3 cm³/mol. The molecular weight excluding hydrogens is 236 g/mol. The van der Waals surface area contributed by atoms with Crippen LogP contribution in [-0.2, 0) is 5.75 Å². The van der Waals surface area contributed by atoms with Gasteiger partial charge in [-0.3, -0.25) is 0 Å². The molecule has 18 heavy (non-hydrogen) atoms. The fourth-order valence-corrected chi connectivity index (χ4v) is 2.00. The Bertz CT molecular complexity index is 236. The van der Waals surface area contributed by atoms with Crippen LogP contribution in [0.4, 0.5) is 0 Å². The topological polar surface area (TPSA) is 0 Å². The van der Waals surface area contributed by atoms with Crippen LogP contribution in [0.5, 0.6) is 0 Å². The van der Waals surface area contributed by atoms with E-state index in [2.05, 4.69) is 65.0 Å². The average molecular weight is 269 g/mol. The second-order valence-corrected chi connectivity index (χ2v) is 6.16. The second-order valence-electron chi connectivity index (χ2n) is 5.13. The standard InChI is InChI=1S/C11H16S.C4H10.C2H6/c1-10(2)8-12-9-11-6-4-3-5-7-11;1-4(2)3;1-2/h3-7,10H,8-9H2,1-2H3;4H,1-3H3;1-2H3. The van der Waals surface area contributed by atoms with Gasteiger partial charge in [0.1, 0.15) is 0 Å². The second kappa shape index (κ2) is 14.6. The van der Waals surface area contributed by atoms with Crippen LogP contribution in [0.3, 0.4) is 0 Å². The van der Waals surface area contributed by atoms with E-state index in [-0.39, 0.29) is 0 Å². The molecule has 0 fully saturated rings. The molecule has 1 heteroatoms. The highest BCUT2D eigenvalue weighted by Crippen LogP contribution is 2.14. The average Bonchev–Trinajstić information content (AvgIpc) is 2.32. The number of thioether (sulfide) groups is 1. The molecule has 0 N–H and O–H groups in total. The normalized spacial score (nSPS) is 9.39. The minimum atomic E-state index is 0.804.